The first kappa shape index (κ1) is 25.2. The van der Waals surface area contributed by atoms with E-state index in [0.29, 0.717) is 18.5 Å². The highest BCUT2D eigenvalue weighted by Crippen LogP contribution is 2.34. The normalized spacial score (nSPS) is 13.1. The predicted octanol–water partition coefficient (Wildman–Crippen LogP) is 6.30. The molecule has 0 unspecified atom stereocenters. The number of carbonyl (C=O) groups is 2. The van der Waals surface area contributed by atoms with Crippen LogP contribution in [0.25, 0.3) is 44.9 Å². The Morgan fingerprint density at radius 2 is 1.47 bits per heavy atom. The van der Waals surface area contributed by atoms with Gasteiger partial charge >= 0.3 is 11.9 Å². The van der Waals surface area contributed by atoms with Crippen LogP contribution in [-0.2, 0) is 16.0 Å². The molecule has 8 heteroatoms. The van der Waals surface area contributed by atoms with Crippen molar-refractivity contribution in [2.45, 2.75) is 53.4 Å². The van der Waals surface area contributed by atoms with Crippen molar-refractivity contribution in [3.05, 3.63) is 69.8 Å². The van der Waals surface area contributed by atoms with Gasteiger partial charge in [0, 0.05) is 34.9 Å². The van der Waals surface area contributed by atoms with E-state index in [9.17, 15) is 19.8 Å². The van der Waals surface area contributed by atoms with Crippen molar-refractivity contribution < 1.29 is 19.8 Å². The number of aryl methyl sites for hydroxylation is 3. The van der Waals surface area contributed by atoms with Gasteiger partial charge in [-0.2, -0.15) is 0 Å². The number of hydrogen-bond acceptors (Lipinski definition) is 4. The van der Waals surface area contributed by atoms with E-state index in [0.717, 1.165) is 72.6 Å². The molecule has 0 aromatic carbocycles. The lowest BCUT2D eigenvalue weighted by atomic mass is 10.0. The van der Waals surface area contributed by atoms with Crippen LogP contribution < -0.4 is 0 Å². The number of nitrogens with zero attached hydrogens (tertiary/aromatic N) is 2. The van der Waals surface area contributed by atoms with Crippen LogP contribution in [0.4, 0.5) is 0 Å². The highest BCUT2D eigenvalue weighted by molar-refractivity contribution is 5.94. The molecule has 2 aliphatic rings. The topological polar surface area (TPSA) is 132 Å². The molecule has 0 radical (unpaired) electrons. The molecule has 0 spiro atoms. The number of allylic oxidation sites excluding steroid dienone is 3. The van der Waals surface area contributed by atoms with Gasteiger partial charge in [0.1, 0.15) is 0 Å². The maximum atomic E-state index is 11.4. The standard InChI is InChI=1S/C30H30N4O4/c1-15-9-20-12-25-17(3)21(5-7-29(35)36)27(33-25)14-28-22(6-8-30(37)38)18(4)26(34-28)13-24-16(2)10-19(32-24)11-23(15)31-20/h9-14,31,34H,5-8H2,1-4H3,(H,35,36)(H,37,38). The van der Waals surface area contributed by atoms with Crippen LogP contribution in [0.15, 0.2) is 30.3 Å². The maximum Gasteiger partial charge on any atom is 0.303 e. The minimum atomic E-state index is -0.868. The number of fused-ring (bicyclic) bond motifs is 8. The highest BCUT2D eigenvalue weighted by atomic mass is 16.4. The first-order chi connectivity index (χ1) is 18.1. The summed E-state index contributed by atoms with van der Waals surface area (Å²) in [5.74, 6) is -1.73. The van der Waals surface area contributed by atoms with Crippen LogP contribution in [-0.4, -0.2) is 42.1 Å². The van der Waals surface area contributed by atoms with Crippen molar-refractivity contribution in [2.75, 3.05) is 0 Å². The summed E-state index contributed by atoms with van der Waals surface area (Å²) in [7, 11) is 0. The number of rotatable bonds is 6. The van der Waals surface area contributed by atoms with Crippen LogP contribution in [0.3, 0.4) is 0 Å². The number of hydrogen-bond donors (Lipinski definition) is 4. The summed E-state index contributed by atoms with van der Waals surface area (Å²) in [6.45, 7) is 8.01. The van der Waals surface area contributed by atoms with Gasteiger partial charge in [-0.05, 0) is 110 Å². The zero-order valence-electron chi connectivity index (χ0n) is 21.9. The average Bonchev–Trinajstić information content (AvgIpc) is 3.53. The van der Waals surface area contributed by atoms with Crippen LogP contribution in [0.1, 0.15) is 72.6 Å². The summed E-state index contributed by atoms with van der Waals surface area (Å²) in [4.78, 5) is 39.5. The Morgan fingerprint density at radius 3 is 2.21 bits per heavy atom. The SMILES string of the molecule is CC1=Cc2cc3[nH]c(cc4nc(cc5[nH]c(cc1n2)c(C)c5CCC(=O)O)C(CCC(=O)O)=C4C)cc3C. The predicted molar refractivity (Wildman–Crippen MR) is 149 cm³/mol. The number of aromatic nitrogens is 4. The average molecular weight is 511 g/mol. The lowest BCUT2D eigenvalue weighted by Crippen LogP contribution is -1.98. The van der Waals surface area contributed by atoms with E-state index in [1.807, 2.05) is 58.0 Å². The summed E-state index contributed by atoms with van der Waals surface area (Å²) < 4.78 is 0. The number of aromatic amines is 2. The highest BCUT2D eigenvalue weighted by Gasteiger charge is 2.19. The summed E-state index contributed by atoms with van der Waals surface area (Å²) in [6.07, 6.45) is 2.74. The molecular formula is C30H30N4O4. The summed E-state index contributed by atoms with van der Waals surface area (Å²) in [5, 5.41) is 18.7. The Kier molecular flexibility index (Phi) is 6.48. The van der Waals surface area contributed by atoms with E-state index in [-0.39, 0.29) is 12.8 Å². The first-order valence-electron chi connectivity index (χ1n) is 12.6. The van der Waals surface area contributed by atoms with E-state index in [1.165, 1.54) is 0 Å². The van der Waals surface area contributed by atoms with Gasteiger partial charge in [-0.1, -0.05) is 0 Å². The van der Waals surface area contributed by atoms with E-state index < -0.39 is 11.9 Å². The third-order valence-electron chi connectivity index (χ3n) is 7.26. The fourth-order valence-corrected chi connectivity index (χ4v) is 5.11. The Labute approximate surface area is 219 Å². The van der Waals surface area contributed by atoms with Gasteiger partial charge in [0.15, 0.2) is 0 Å². The van der Waals surface area contributed by atoms with E-state index in [1.54, 1.807) is 0 Å². The third kappa shape index (κ3) is 4.89. The molecule has 8 nitrogen and oxygen atoms in total. The summed E-state index contributed by atoms with van der Waals surface area (Å²) >= 11 is 0. The van der Waals surface area contributed by atoms with Gasteiger partial charge in [0.2, 0.25) is 0 Å². The lowest BCUT2D eigenvalue weighted by Gasteiger charge is -2.03. The number of carboxylic acid groups (broad SMARTS) is 2. The Hall–Kier alpha value is -4.46. The second-order valence-electron chi connectivity index (χ2n) is 9.98. The van der Waals surface area contributed by atoms with Crippen molar-refractivity contribution >= 4 is 56.8 Å². The number of carboxylic acids is 2. The fourth-order valence-electron chi connectivity index (χ4n) is 5.11. The summed E-state index contributed by atoms with van der Waals surface area (Å²) in [6, 6.07) is 9.98. The largest absolute Gasteiger partial charge is 0.481 e. The molecule has 5 rings (SSSR count). The molecule has 2 aliphatic heterocycles. The number of aliphatic carboxylic acids is 2. The van der Waals surface area contributed by atoms with Crippen LogP contribution in [0, 0.1) is 13.8 Å². The van der Waals surface area contributed by atoms with E-state index in [2.05, 4.69) is 16.0 Å². The molecule has 4 N–H and O–H groups in total. The molecule has 5 heterocycles. The maximum absolute atomic E-state index is 11.4. The molecule has 194 valence electrons. The molecule has 38 heavy (non-hydrogen) atoms. The van der Waals surface area contributed by atoms with Crippen molar-refractivity contribution in [1.82, 2.24) is 19.9 Å². The molecule has 3 aromatic heterocycles. The van der Waals surface area contributed by atoms with Crippen LogP contribution >= 0.6 is 0 Å². The smallest absolute Gasteiger partial charge is 0.303 e. The van der Waals surface area contributed by atoms with Gasteiger partial charge < -0.3 is 20.2 Å². The van der Waals surface area contributed by atoms with Gasteiger partial charge in [-0.25, -0.2) is 9.97 Å². The molecule has 0 atom stereocenters. The molecular weight excluding hydrogens is 480 g/mol. The third-order valence-corrected chi connectivity index (χ3v) is 7.26. The van der Waals surface area contributed by atoms with Crippen LogP contribution in [0.2, 0.25) is 0 Å². The fraction of sp³-hybridized carbons (Fsp3) is 0.267. The van der Waals surface area contributed by atoms with Gasteiger partial charge in [0.05, 0.1) is 22.8 Å². The van der Waals surface area contributed by atoms with E-state index in [4.69, 9.17) is 9.97 Å². The Bertz CT molecular complexity index is 1720. The Morgan fingerprint density at radius 1 is 0.763 bits per heavy atom. The molecule has 0 aliphatic carbocycles. The molecule has 0 amide bonds. The van der Waals surface area contributed by atoms with Crippen molar-refractivity contribution in [2.24, 2.45) is 0 Å². The number of H-pyrrole nitrogens is 2. The zero-order chi connectivity index (χ0) is 27.1. The van der Waals surface area contributed by atoms with Gasteiger partial charge in [-0.15, -0.1) is 0 Å². The van der Waals surface area contributed by atoms with Gasteiger partial charge in [-0.3, -0.25) is 9.59 Å². The van der Waals surface area contributed by atoms with Crippen molar-refractivity contribution in [3.8, 4) is 0 Å². The van der Waals surface area contributed by atoms with Crippen LogP contribution in [0.5, 0.6) is 0 Å². The zero-order valence-corrected chi connectivity index (χ0v) is 21.9. The van der Waals surface area contributed by atoms with Crippen molar-refractivity contribution in [1.29, 1.82) is 0 Å². The molecule has 3 aromatic rings. The quantitative estimate of drug-likeness (QED) is 0.307. The minimum absolute atomic E-state index is 0.00160. The molecule has 0 saturated heterocycles. The number of nitrogens with one attached hydrogen (secondary N) is 2. The monoisotopic (exact) mass is 510 g/mol. The molecule has 0 saturated carbocycles. The second kappa shape index (κ2) is 9.78. The summed E-state index contributed by atoms with van der Waals surface area (Å²) in [5.41, 5.74) is 12.4. The van der Waals surface area contributed by atoms with E-state index >= 15 is 0 Å². The van der Waals surface area contributed by atoms with Crippen molar-refractivity contribution in [3.63, 3.8) is 0 Å². The minimum Gasteiger partial charge on any atom is -0.481 e. The lowest BCUT2D eigenvalue weighted by molar-refractivity contribution is -0.137. The molecule has 0 fully saturated rings. The Balaban J connectivity index is 1.86. The van der Waals surface area contributed by atoms with Gasteiger partial charge in [0.25, 0.3) is 0 Å². The second-order valence-corrected chi connectivity index (χ2v) is 9.98. The first-order valence-corrected chi connectivity index (χ1v) is 12.6. The molecule has 8 bridgehead atoms.